The molecule has 4 heterocycles. The average molecular weight is 642 g/mol. The summed E-state index contributed by atoms with van der Waals surface area (Å²) in [6.45, 7) is 7.27. The van der Waals surface area contributed by atoms with Crippen LogP contribution in [0.3, 0.4) is 0 Å². The van der Waals surface area contributed by atoms with Crippen molar-refractivity contribution in [2.24, 2.45) is 5.16 Å². The first kappa shape index (κ1) is 30.7. The number of β-lactam (4-membered cyclic amide) rings is 1. The third-order valence-electron chi connectivity index (χ3n) is 5.99. The number of aromatic nitrogens is 3. The highest BCUT2D eigenvalue weighted by molar-refractivity contribution is 8.01. The summed E-state index contributed by atoms with van der Waals surface area (Å²) in [7, 11) is 1.25. The van der Waals surface area contributed by atoms with Crippen LogP contribution in [0.5, 0.6) is 0 Å². The summed E-state index contributed by atoms with van der Waals surface area (Å²) in [6, 6.07) is -0.980. The summed E-state index contributed by atoms with van der Waals surface area (Å²) in [5.74, 6) is -1.82. The van der Waals surface area contributed by atoms with Gasteiger partial charge >= 0.3 is 12.1 Å². The van der Waals surface area contributed by atoms with Crippen molar-refractivity contribution >= 4 is 80.9 Å². The number of aliphatic carboxylic acids is 1. The molecule has 0 saturated carbocycles. The number of fused-ring (bicyclic) bond motifs is 1. The molecule has 14 nitrogen and oxygen atoms in total. The second-order valence-corrected chi connectivity index (χ2v) is 13.6. The Morgan fingerprint density at radius 2 is 2.07 bits per heavy atom. The van der Waals surface area contributed by atoms with Gasteiger partial charge in [-0.2, -0.15) is 0 Å². The van der Waals surface area contributed by atoms with Crippen molar-refractivity contribution in [3.05, 3.63) is 27.4 Å². The van der Waals surface area contributed by atoms with E-state index in [0.717, 1.165) is 16.3 Å². The molecule has 3 N–H and O–H groups in total. The van der Waals surface area contributed by atoms with Crippen LogP contribution in [-0.2, 0) is 24.0 Å². The lowest BCUT2D eigenvalue weighted by Crippen LogP contribution is -2.71. The quantitative estimate of drug-likeness (QED) is 0.141. The maximum atomic E-state index is 13.2. The number of anilines is 1. The molecule has 3 amide bonds. The first-order valence-corrected chi connectivity index (χ1v) is 15.9. The highest BCUT2D eigenvalue weighted by Gasteiger charge is 2.54. The fourth-order valence-corrected chi connectivity index (χ4v) is 7.64. The van der Waals surface area contributed by atoms with Gasteiger partial charge in [-0.3, -0.25) is 19.8 Å². The number of nitrogens with one attached hydrogen (secondary N) is 2. The molecule has 1 saturated heterocycles. The number of carboxylic acids is 1. The van der Waals surface area contributed by atoms with Gasteiger partial charge in [0.15, 0.2) is 15.2 Å². The summed E-state index contributed by atoms with van der Waals surface area (Å²) in [5.41, 5.74) is -0.279. The zero-order valence-electron chi connectivity index (χ0n) is 22.6. The molecule has 41 heavy (non-hydrogen) atoms. The molecule has 0 spiro atoms. The van der Waals surface area contributed by atoms with Gasteiger partial charge in [-0.15, -0.1) is 33.3 Å². The van der Waals surface area contributed by atoms with Crippen LogP contribution in [0.25, 0.3) is 0 Å². The number of oxime groups is 1. The maximum absolute atomic E-state index is 13.2. The number of carbonyl (C=O) groups is 4. The zero-order chi connectivity index (χ0) is 29.9. The standard InChI is InChI=1S/C23H27N7O7S4/c1-6-23(3,4)37-21(35)26-20-24-12(9-39-20)13(29-36-5)16(31)25-14-17(32)30-15(19(33)34)11(7-38-18(14)30)8-40-22-28-27-10(2)41-22/h9,14,18H,6-8H2,1-5H3,(H,25,31)(H,33,34)(H,24,26,35)/t14?,18-/m0/s1. The molecule has 2 aromatic rings. The monoisotopic (exact) mass is 641 g/mol. The molecule has 220 valence electrons. The van der Waals surface area contributed by atoms with E-state index in [0.29, 0.717) is 27.8 Å². The van der Waals surface area contributed by atoms with E-state index in [1.165, 1.54) is 52.3 Å². The fraction of sp³-hybridized carbons (Fsp3) is 0.478. The van der Waals surface area contributed by atoms with E-state index in [-0.39, 0.29) is 22.2 Å². The molecule has 1 unspecified atom stereocenters. The second-order valence-electron chi connectivity index (χ2n) is 9.28. The predicted molar refractivity (Wildman–Crippen MR) is 155 cm³/mol. The molecule has 0 aliphatic carbocycles. The van der Waals surface area contributed by atoms with Crippen molar-refractivity contribution in [2.75, 3.05) is 23.9 Å². The average Bonchev–Trinajstić information content (AvgIpc) is 3.56. The van der Waals surface area contributed by atoms with Crippen LogP contribution in [0.4, 0.5) is 9.93 Å². The van der Waals surface area contributed by atoms with Gasteiger partial charge in [0.2, 0.25) is 0 Å². The van der Waals surface area contributed by atoms with Crippen molar-refractivity contribution in [1.29, 1.82) is 0 Å². The lowest BCUT2D eigenvalue weighted by Gasteiger charge is -2.49. The van der Waals surface area contributed by atoms with Gasteiger partial charge in [0, 0.05) is 16.9 Å². The number of hydrogen-bond acceptors (Lipinski definition) is 14. The molecule has 2 aliphatic rings. The zero-order valence-corrected chi connectivity index (χ0v) is 25.9. The van der Waals surface area contributed by atoms with Crippen molar-refractivity contribution in [3.8, 4) is 0 Å². The first-order valence-electron chi connectivity index (χ1n) is 12.1. The number of aryl methyl sites for hydroxylation is 1. The van der Waals surface area contributed by atoms with E-state index < -0.39 is 40.9 Å². The Kier molecular flexibility index (Phi) is 9.55. The third-order valence-corrected chi connectivity index (χ3v) is 10.1. The first-order chi connectivity index (χ1) is 19.4. The van der Waals surface area contributed by atoms with Gasteiger partial charge in [0.1, 0.15) is 40.5 Å². The maximum Gasteiger partial charge on any atom is 0.413 e. The number of carboxylic acid groups (broad SMARTS) is 1. The third kappa shape index (κ3) is 6.99. The predicted octanol–water partition coefficient (Wildman–Crippen LogP) is 2.92. The fourth-order valence-electron chi connectivity index (χ4n) is 3.66. The molecule has 1 fully saturated rings. The van der Waals surface area contributed by atoms with E-state index in [1.807, 2.05) is 13.8 Å². The number of hydrogen-bond donors (Lipinski definition) is 3. The molecule has 0 bridgehead atoms. The summed E-state index contributed by atoms with van der Waals surface area (Å²) in [4.78, 5) is 60.8. The lowest BCUT2D eigenvalue weighted by molar-refractivity contribution is -0.150. The van der Waals surface area contributed by atoms with Crippen molar-refractivity contribution in [1.82, 2.24) is 25.4 Å². The van der Waals surface area contributed by atoms with Gasteiger partial charge in [-0.1, -0.05) is 35.2 Å². The number of carbonyl (C=O) groups excluding carboxylic acids is 3. The Morgan fingerprint density at radius 1 is 1.32 bits per heavy atom. The molecule has 0 aromatic carbocycles. The van der Waals surface area contributed by atoms with Crippen LogP contribution in [0.2, 0.25) is 0 Å². The Hall–Kier alpha value is -3.22. The Labute approximate surface area is 251 Å². The van der Waals surface area contributed by atoms with Crippen LogP contribution in [0.1, 0.15) is 37.9 Å². The number of amides is 3. The number of thioether (sulfide) groups is 2. The summed E-state index contributed by atoms with van der Waals surface area (Å²) in [6.07, 6.45) is -0.0839. The largest absolute Gasteiger partial charge is 0.477 e. The number of rotatable bonds is 11. The molecule has 0 radical (unpaired) electrons. The van der Waals surface area contributed by atoms with E-state index >= 15 is 0 Å². The van der Waals surface area contributed by atoms with Crippen LogP contribution < -0.4 is 10.6 Å². The van der Waals surface area contributed by atoms with E-state index in [1.54, 1.807) is 13.8 Å². The Balaban J connectivity index is 1.43. The highest BCUT2D eigenvalue weighted by atomic mass is 32.2. The number of thiazole rings is 1. The second kappa shape index (κ2) is 12.7. The van der Waals surface area contributed by atoms with Crippen LogP contribution in [-0.4, -0.2) is 90.4 Å². The van der Waals surface area contributed by atoms with Crippen molar-refractivity contribution in [2.45, 2.75) is 55.5 Å². The van der Waals surface area contributed by atoms with Crippen LogP contribution in [0.15, 0.2) is 26.1 Å². The lowest BCUT2D eigenvalue weighted by atomic mass is 10.0. The van der Waals surface area contributed by atoms with Gasteiger partial charge < -0.3 is 20.0 Å². The Bertz CT molecular complexity index is 1420. The summed E-state index contributed by atoms with van der Waals surface area (Å²) >= 11 is 5.16. The van der Waals surface area contributed by atoms with Crippen LogP contribution >= 0.6 is 46.2 Å². The minimum atomic E-state index is -1.22. The van der Waals surface area contributed by atoms with Gasteiger partial charge in [0.25, 0.3) is 11.8 Å². The van der Waals surface area contributed by atoms with Crippen molar-refractivity contribution < 1.29 is 33.9 Å². The highest BCUT2D eigenvalue weighted by Crippen LogP contribution is 2.41. The SMILES string of the molecule is CCC(C)(C)OC(=O)Nc1nc(C(=NOC)C(=O)NC2C(=O)N3C(C(=O)O)=C(CSc4nnc(C)s4)CS[C@@H]23)cs1. The smallest absolute Gasteiger partial charge is 0.413 e. The minimum absolute atomic E-state index is 0.0860. The molecule has 2 aliphatic heterocycles. The minimum Gasteiger partial charge on any atom is -0.477 e. The number of nitrogens with zero attached hydrogens (tertiary/aromatic N) is 5. The van der Waals surface area contributed by atoms with E-state index in [4.69, 9.17) is 9.57 Å². The van der Waals surface area contributed by atoms with E-state index in [2.05, 4.69) is 31.0 Å². The molecular weight excluding hydrogens is 615 g/mol. The van der Waals surface area contributed by atoms with Gasteiger partial charge in [-0.25, -0.2) is 14.6 Å². The van der Waals surface area contributed by atoms with Gasteiger partial charge in [-0.05, 0) is 32.8 Å². The van der Waals surface area contributed by atoms with Gasteiger partial charge in [0.05, 0.1) is 0 Å². The van der Waals surface area contributed by atoms with Crippen LogP contribution in [0, 0.1) is 6.92 Å². The molecular formula is C23H27N7O7S4. The summed E-state index contributed by atoms with van der Waals surface area (Å²) in [5, 5.41) is 28.7. The normalized spacial score (nSPS) is 18.9. The van der Waals surface area contributed by atoms with E-state index in [9.17, 15) is 24.3 Å². The topological polar surface area (TPSA) is 185 Å². The molecule has 2 aromatic heterocycles. The van der Waals surface area contributed by atoms with Crippen molar-refractivity contribution in [3.63, 3.8) is 0 Å². The molecule has 18 heteroatoms. The summed E-state index contributed by atoms with van der Waals surface area (Å²) < 4.78 is 6.06. The number of ether oxygens (including phenoxy) is 1. The molecule has 2 atom stereocenters. The Morgan fingerprint density at radius 3 is 2.71 bits per heavy atom. The molecule has 4 rings (SSSR count).